The van der Waals surface area contributed by atoms with Crippen molar-refractivity contribution in [2.24, 2.45) is 0 Å². The van der Waals surface area contributed by atoms with Crippen molar-refractivity contribution in [2.75, 3.05) is 16.4 Å². The maximum atomic E-state index is 12.9. The molecule has 0 aliphatic carbocycles. The van der Waals surface area contributed by atoms with Crippen LogP contribution in [0.25, 0.3) is 15.8 Å². The number of allylic oxidation sites excluding steroid dienone is 1. The van der Waals surface area contributed by atoms with Gasteiger partial charge >= 0.3 is 0 Å². The summed E-state index contributed by atoms with van der Waals surface area (Å²) in [6.07, 6.45) is 0. The van der Waals surface area contributed by atoms with E-state index in [0.29, 0.717) is 36.4 Å². The first-order valence-corrected chi connectivity index (χ1v) is 13.6. The first kappa shape index (κ1) is 26.3. The van der Waals surface area contributed by atoms with Crippen LogP contribution in [0, 0.1) is 25.2 Å². The second-order valence-corrected chi connectivity index (χ2v) is 10.9. The van der Waals surface area contributed by atoms with Gasteiger partial charge in [-0.25, -0.2) is 4.98 Å². The Kier molecular flexibility index (Phi) is 8.45. The highest BCUT2D eigenvalue weighted by Crippen LogP contribution is 2.36. The van der Waals surface area contributed by atoms with Gasteiger partial charge in [0, 0.05) is 10.7 Å². The molecule has 0 aliphatic heterocycles. The molecule has 0 saturated heterocycles. The number of fused-ring (bicyclic) bond motifs is 1. The lowest BCUT2D eigenvalue weighted by atomic mass is 10.2. The number of rotatable bonds is 7. The summed E-state index contributed by atoms with van der Waals surface area (Å²) in [7, 11) is 0. The van der Waals surface area contributed by atoms with Gasteiger partial charge in [0.1, 0.15) is 16.6 Å². The summed E-state index contributed by atoms with van der Waals surface area (Å²) >= 11 is 21.5. The molecule has 0 bridgehead atoms. The van der Waals surface area contributed by atoms with Crippen molar-refractivity contribution >= 4 is 91.0 Å². The SMILES string of the molecule is Cc1ccc(Cl)c(NC(=O)CSC(Nc2cccc(Cl)c2C)=C(C#N)c2nc3ccccc3s2)c1Cl. The van der Waals surface area contributed by atoms with Crippen molar-refractivity contribution in [3.8, 4) is 6.07 Å². The number of halogens is 3. The number of para-hydroxylation sites is 1. The molecule has 0 atom stereocenters. The second kappa shape index (κ2) is 11.5. The second-order valence-electron chi connectivity index (χ2n) is 7.73. The third kappa shape index (κ3) is 5.80. The van der Waals surface area contributed by atoms with Gasteiger partial charge in [-0.2, -0.15) is 5.26 Å². The number of carbonyl (C=O) groups is 1. The van der Waals surface area contributed by atoms with Crippen LogP contribution >= 0.6 is 57.9 Å². The number of aromatic nitrogens is 1. The molecule has 1 heterocycles. The molecule has 0 saturated carbocycles. The predicted octanol–water partition coefficient (Wildman–Crippen LogP) is 8.55. The zero-order valence-electron chi connectivity index (χ0n) is 19.2. The van der Waals surface area contributed by atoms with Crippen molar-refractivity contribution in [2.45, 2.75) is 13.8 Å². The van der Waals surface area contributed by atoms with E-state index in [2.05, 4.69) is 21.7 Å². The molecular formula is C26H19Cl3N4OS2. The number of thiazole rings is 1. The number of carbonyl (C=O) groups excluding carboxylic acids is 1. The van der Waals surface area contributed by atoms with Gasteiger partial charge in [0.15, 0.2) is 0 Å². The van der Waals surface area contributed by atoms with Crippen molar-refractivity contribution in [3.05, 3.63) is 90.8 Å². The van der Waals surface area contributed by atoms with Crippen LogP contribution in [0.1, 0.15) is 16.1 Å². The van der Waals surface area contributed by atoms with Gasteiger partial charge in [0.25, 0.3) is 0 Å². The maximum Gasteiger partial charge on any atom is 0.234 e. The maximum absolute atomic E-state index is 12.9. The topological polar surface area (TPSA) is 77.8 Å². The Hall–Kier alpha value is -2.73. The van der Waals surface area contributed by atoms with E-state index in [1.807, 2.05) is 50.2 Å². The first-order valence-electron chi connectivity index (χ1n) is 10.7. The largest absolute Gasteiger partial charge is 0.349 e. The molecule has 1 amide bonds. The highest BCUT2D eigenvalue weighted by molar-refractivity contribution is 8.04. The highest BCUT2D eigenvalue weighted by atomic mass is 35.5. The zero-order chi connectivity index (χ0) is 25.8. The molecule has 36 heavy (non-hydrogen) atoms. The molecule has 0 radical (unpaired) electrons. The molecule has 2 N–H and O–H groups in total. The normalized spacial score (nSPS) is 11.7. The minimum Gasteiger partial charge on any atom is -0.349 e. The molecule has 4 rings (SSSR count). The van der Waals surface area contributed by atoms with Crippen molar-refractivity contribution in [1.82, 2.24) is 4.98 Å². The Morgan fingerprint density at radius 1 is 1.03 bits per heavy atom. The number of nitriles is 1. The van der Waals surface area contributed by atoms with Crippen LogP contribution in [0.5, 0.6) is 0 Å². The smallest absolute Gasteiger partial charge is 0.234 e. The van der Waals surface area contributed by atoms with E-state index >= 15 is 0 Å². The fourth-order valence-corrected chi connectivity index (χ4v) is 5.78. The number of hydrogen-bond donors (Lipinski definition) is 2. The number of nitrogens with one attached hydrogen (secondary N) is 2. The Morgan fingerprint density at radius 3 is 2.56 bits per heavy atom. The van der Waals surface area contributed by atoms with Crippen molar-refractivity contribution < 1.29 is 4.79 Å². The van der Waals surface area contributed by atoms with E-state index in [-0.39, 0.29) is 11.7 Å². The van der Waals surface area contributed by atoms with E-state index in [1.165, 1.54) is 23.1 Å². The summed E-state index contributed by atoms with van der Waals surface area (Å²) < 4.78 is 0.963. The molecule has 0 spiro atoms. The van der Waals surface area contributed by atoms with Gasteiger partial charge in [0.05, 0.1) is 36.7 Å². The zero-order valence-corrected chi connectivity index (χ0v) is 23.1. The number of thioether (sulfide) groups is 1. The highest BCUT2D eigenvalue weighted by Gasteiger charge is 2.19. The summed E-state index contributed by atoms with van der Waals surface area (Å²) in [6, 6.07) is 18.9. The number of anilines is 2. The molecule has 3 aromatic carbocycles. The van der Waals surface area contributed by atoms with Crippen LogP contribution in [0.2, 0.25) is 15.1 Å². The minimum atomic E-state index is -0.321. The molecule has 4 aromatic rings. The lowest BCUT2D eigenvalue weighted by molar-refractivity contribution is -0.113. The molecule has 182 valence electrons. The van der Waals surface area contributed by atoms with E-state index in [9.17, 15) is 10.1 Å². The van der Waals surface area contributed by atoms with Crippen LogP contribution in [0.3, 0.4) is 0 Å². The van der Waals surface area contributed by atoms with Gasteiger partial charge < -0.3 is 10.6 Å². The molecule has 5 nitrogen and oxygen atoms in total. The van der Waals surface area contributed by atoms with E-state index in [4.69, 9.17) is 34.8 Å². The molecule has 1 aromatic heterocycles. The number of hydrogen-bond acceptors (Lipinski definition) is 6. The van der Waals surface area contributed by atoms with E-state index in [1.54, 1.807) is 18.2 Å². The monoisotopic (exact) mass is 572 g/mol. The van der Waals surface area contributed by atoms with Gasteiger partial charge in [0.2, 0.25) is 5.91 Å². The molecule has 0 unspecified atom stereocenters. The Bertz CT molecular complexity index is 1510. The summed E-state index contributed by atoms with van der Waals surface area (Å²) in [6.45, 7) is 3.71. The molecule has 0 aliphatic rings. The number of nitrogens with zero attached hydrogens (tertiary/aromatic N) is 2. The Morgan fingerprint density at radius 2 is 1.81 bits per heavy atom. The number of benzene rings is 3. The van der Waals surface area contributed by atoms with Gasteiger partial charge in [-0.05, 0) is 55.3 Å². The molecule has 10 heteroatoms. The number of aryl methyl sites for hydroxylation is 1. The van der Waals surface area contributed by atoms with E-state index in [0.717, 1.165) is 27.0 Å². The van der Waals surface area contributed by atoms with Gasteiger partial charge in [-0.3, -0.25) is 4.79 Å². The predicted molar refractivity (Wildman–Crippen MR) is 154 cm³/mol. The quantitative estimate of drug-likeness (QED) is 0.217. The standard InChI is InChI=1S/C26H19Cl3N4OS2/c1-14-10-11-18(28)24(23(14)29)33-22(34)13-35-25(31-19-8-5-6-17(27)15(19)2)16(12-30)26-32-20-7-3-4-9-21(20)36-26/h3-11,31H,13H2,1-2H3,(H,33,34). The summed E-state index contributed by atoms with van der Waals surface area (Å²) in [5.41, 5.74) is 3.84. The third-order valence-corrected chi connectivity index (χ3v) is 8.53. The van der Waals surface area contributed by atoms with Crippen LogP contribution in [0.4, 0.5) is 11.4 Å². The molecule has 0 fully saturated rings. The number of amides is 1. The summed E-state index contributed by atoms with van der Waals surface area (Å²) in [5, 5.41) is 18.6. The summed E-state index contributed by atoms with van der Waals surface area (Å²) in [4.78, 5) is 17.5. The van der Waals surface area contributed by atoms with Crippen LogP contribution in [-0.2, 0) is 4.79 Å². The van der Waals surface area contributed by atoms with Crippen LogP contribution in [0.15, 0.2) is 59.6 Å². The van der Waals surface area contributed by atoms with E-state index < -0.39 is 0 Å². The third-order valence-electron chi connectivity index (χ3n) is 5.26. The summed E-state index contributed by atoms with van der Waals surface area (Å²) in [5.74, 6) is -0.323. The first-order chi connectivity index (χ1) is 17.3. The van der Waals surface area contributed by atoms with Crippen LogP contribution in [-0.4, -0.2) is 16.6 Å². The van der Waals surface area contributed by atoms with Crippen molar-refractivity contribution in [3.63, 3.8) is 0 Å². The molecular weight excluding hydrogens is 555 g/mol. The van der Waals surface area contributed by atoms with Gasteiger partial charge in [-0.15, -0.1) is 11.3 Å². The average Bonchev–Trinajstić information content (AvgIpc) is 3.29. The minimum absolute atomic E-state index is 0.00137. The van der Waals surface area contributed by atoms with Crippen LogP contribution < -0.4 is 10.6 Å². The lowest BCUT2D eigenvalue weighted by Gasteiger charge is -2.16. The average molecular weight is 574 g/mol. The fraction of sp³-hybridized carbons (Fsp3) is 0.115. The Labute approximate surface area is 232 Å². The van der Waals surface area contributed by atoms with Crippen molar-refractivity contribution in [1.29, 1.82) is 5.26 Å². The van der Waals surface area contributed by atoms with Gasteiger partial charge in [-0.1, -0.05) is 70.8 Å². The Balaban J connectivity index is 1.67. The fourth-order valence-electron chi connectivity index (χ4n) is 3.30. The lowest BCUT2D eigenvalue weighted by Crippen LogP contribution is -2.16.